The van der Waals surface area contributed by atoms with Crippen LogP contribution in [0.2, 0.25) is 0 Å². The van der Waals surface area contributed by atoms with Crippen LogP contribution >= 0.6 is 43.2 Å². The summed E-state index contributed by atoms with van der Waals surface area (Å²) in [4.78, 5) is 22.3. The second kappa shape index (κ2) is 5.04. The third-order valence-electron chi connectivity index (χ3n) is 1.51. The summed E-state index contributed by atoms with van der Waals surface area (Å²) in [6, 6.07) is 0. The first-order valence-electron chi connectivity index (χ1n) is 3.70. The number of rotatable bonds is 4. The largest absolute Gasteiger partial charge is 0.481 e. The maximum absolute atomic E-state index is 11.5. The number of hydrogen-bond donors (Lipinski definition) is 1. The summed E-state index contributed by atoms with van der Waals surface area (Å²) in [5.74, 6) is -1.10. The van der Waals surface area contributed by atoms with E-state index < -0.39 is 5.97 Å². The van der Waals surface area contributed by atoms with Crippen molar-refractivity contribution >= 4 is 54.9 Å². The van der Waals surface area contributed by atoms with Gasteiger partial charge in [-0.2, -0.15) is 0 Å². The second-order valence-corrected chi connectivity index (χ2v) is 5.07. The van der Waals surface area contributed by atoms with Crippen LogP contribution in [0.5, 0.6) is 0 Å². The molecule has 1 aromatic rings. The van der Waals surface area contributed by atoms with Gasteiger partial charge in [0.1, 0.15) is 0 Å². The van der Waals surface area contributed by atoms with Crippen molar-refractivity contribution in [2.45, 2.75) is 12.8 Å². The van der Waals surface area contributed by atoms with Crippen LogP contribution in [0.4, 0.5) is 0 Å². The Bertz CT molecular complexity index is 373. The van der Waals surface area contributed by atoms with Crippen LogP contribution in [0, 0.1) is 0 Å². The second-order valence-electron chi connectivity index (χ2n) is 2.54. The highest BCUT2D eigenvalue weighted by Crippen LogP contribution is 2.33. The zero-order valence-corrected chi connectivity index (χ0v) is 10.9. The number of aliphatic carboxylic acids is 1. The van der Waals surface area contributed by atoms with Crippen LogP contribution in [-0.2, 0) is 4.79 Å². The van der Waals surface area contributed by atoms with Gasteiger partial charge in [0.15, 0.2) is 5.78 Å². The summed E-state index contributed by atoms with van der Waals surface area (Å²) in [6.07, 6.45) is -0.0817. The maximum atomic E-state index is 11.5. The van der Waals surface area contributed by atoms with Crippen molar-refractivity contribution in [3.8, 4) is 0 Å². The molecule has 0 unspecified atom stereocenters. The standard InChI is InChI=1S/C8H6Br2O3S/c9-4-3-14-8(7(4)10)5(11)1-2-6(12)13/h3H,1-2H2,(H,12,13). The summed E-state index contributed by atoms with van der Waals surface area (Å²) < 4.78 is 1.53. The predicted octanol–water partition coefficient (Wildman–Crippen LogP) is 3.32. The molecule has 0 aliphatic heterocycles. The molecular weight excluding hydrogens is 336 g/mol. The fraction of sp³-hybridized carbons (Fsp3) is 0.250. The lowest BCUT2D eigenvalue weighted by atomic mass is 10.2. The van der Waals surface area contributed by atoms with E-state index in [1.165, 1.54) is 11.3 Å². The number of halogens is 2. The Labute approximate surface area is 101 Å². The Kier molecular flexibility index (Phi) is 4.28. The number of hydrogen-bond acceptors (Lipinski definition) is 3. The lowest BCUT2D eigenvalue weighted by Crippen LogP contribution is -2.02. The maximum Gasteiger partial charge on any atom is 0.303 e. The van der Waals surface area contributed by atoms with Crippen LogP contribution in [0.1, 0.15) is 22.5 Å². The smallest absolute Gasteiger partial charge is 0.303 e. The fourth-order valence-electron chi connectivity index (χ4n) is 0.845. The van der Waals surface area contributed by atoms with Gasteiger partial charge in [-0.25, -0.2) is 0 Å². The van der Waals surface area contributed by atoms with E-state index in [4.69, 9.17) is 5.11 Å². The molecule has 0 bridgehead atoms. The number of Topliss-reactive ketones (excluding diaryl/α,β-unsaturated/α-hetero) is 1. The zero-order valence-electron chi connectivity index (χ0n) is 6.92. The number of carboxylic acids is 1. The summed E-state index contributed by atoms with van der Waals surface area (Å²) in [7, 11) is 0. The topological polar surface area (TPSA) is 54.4 Å². The SMILES string of the molecule is O=C(O)CCC(=O)c1scc(Br)c1Br. The van der Waals surface area contributed by atoms with Gasteiger partial charge in [0.2, 0.25) is 0 Å². The normalized spacial score (nSPS) is 10.1. The monoisotopic (exact) mass is 340 g/mol. The highest BCUT2D eigenvalue weighted by atomic mass is 79.9. The van der Waals surface area contributed by atoms with Gasteiger partial charge in [-0.15, -0.1) is 11.3 Å². The Morgan fingerprint density at radius 3 is 2.43 bits per heavy atom. The molecule has 14 heavy (non-hydrogen) atoms. The van der Waals surface area contributed by atoms with Crippen LogP contribution in [0.15, 0.2) is 14.3 Å². The fourth-order valence-corrected chi connectivity index (χ4v) is 3.01. The van der Waals surface area contributed by atoms with Gasteiger partial charge >= 0.3 is 5.97 Å². The van der Waals surface area contributed by atoms with E-state index in [1.807, 2.05) is 0 Å². The highest BCUT2D eigenvalue weighted by Gasteiger charge is 2.15. The Balaban J connectivity index is 2.70. The molecule has 0 saturated carbocycles. The summed E-state index contributed by atoms with van der Waals surface area (Å²) in [5, 5.41) is 10.2. The third-order valence-corrected chi connectivity index (χ3v) is 5.08. The van der Waals surface area contributed by atoms with Crippen molar-refractivity contribution in [2.24, 2.45) is 0 Å². The Morgan fingerprint density at radius 2 is 2.00 bits per heavy atom. The zero-order chi connectivity index (χ0) is 10.7. The first-order valence-corrected chi connectivity index (χ1v) is 6.16. The minimum absolute atomic E-state index is 0.0425. The minimum atomic E-state index is -0.954. The molecule has 3 nitrogen and oxygen atoms in total. The van der Waals surface area contributed by atoms with E-state index in [9.17, 15) is 9.59 Å². The molecule has 0 aliphatic carbocycles. The van der Waals surface area contributed by atoms with Gasteiger partial charge < -0.3 is 5.11 Å². The van der Waals surface area contributed by atoms with Crippen molar-refractivity contribution in [3.05, 3.63) is 19.2 Å². The van der Waals surface area contributed by atoms with Crippen molar-refractivity contribution in [1.29, 1.82) is 0 Å². The quantitative estimate of drug-likeness (QED) is 0.855. The molecular formula is C8H6Br2O3S. The van der Waals surface area contributed by atoms with Gasteiger partial charge in [-0.3, -0.25) is 9.59 Å². The molecule has 1 heterocycles. The molecule has 0 aromatic carbocycles. The van der Waals surface area contributed by atoms with E-state index in [-0.39, 0.29) is 18.6 Å². The molecule has 1 aromatic heterocycles. The van der Waals surface area contributed by atoms with Crippen LogP contribution in [0.25, 0.3) is 0 Å². The summed E-state index contributed by atoms with van der Waals surface area (Å²) >= 11 is 7.81. The first-order chi connectivity index (χ1) is 6.52. The van der Waals surface area contributed by atoms with Crippen LogP contribution in [0.3, 0.4) is 0 Å². The van der Waals surface area contributed by atoms with Crippen molar-refractivity contribution in [3.63, 3.8) is 0 Å². The molecule has 1 rings (SSSR count). The number of carbonyl (C=O) groups is 2. The van der Waals surface area contributed by atoms with E-state index in [0.29, 0.717) is 9.35 Å². The van der Waals surface area contributed by atoms with Crippen molar-refractivity contribution in [2.75, 3.05) is 0 Å². The van der Waals surface area contributed by atoms with Crippen molar-refractivity contribution in [1.82, 2.24) is 0 Å². The lowest BCUT2D eigenvalue weighted by molar-refractivity contribution is -0.136. The van der Waals surface area contributed by atoms with Crippen LogP contribution < -0.4 is 0 Å². The average Bonchev–Trinajstić information content (AvgIpc) is 2.44. The first kappa shape index (κ1) is 11.9. The third kappa shape index (κ3) is 2.90. The van der Waals surface area contributed by atoms with E-state index in [1.54, 1.807) is 5.38 Å². The Morgan fingerprint density at radius 1 is 1.36 bits per heavy atom. The number of ketones is 1. The summed E-state index contributed by atoms with van der Waals surface area (Å²) in [6.45, 7) is 0. The van der Waals surface area contributed by atoms with Crippen molar-refractivity contribution < 1.29 is 14.7 Å². The van der Waals surface area contributed by atoms with Gasteiger partial charge in [-0.05, 0) is 31.9 Å². The number of carboxylic acid groups (broad SMARTS) is 1. The lowest BCUT2D eigenvalue weighted by Gasteiger charge is -1.95. The minimum Gasteiger partial charge on any atom is -0.481 e. The molecule has 6 heteroatoms. The molecule has 76 valence electrons. The average molecular weight is 342 g/mol. The molecule has 0 fully saturated rings. The molecule has 0 atom stereocenters. The molecule has 0 amide bonds. The molecule has 0 radical (unpaired) electrons. The summed E-state index contributed by atoms with van der Waals surface area (Å²) in [5.41, 5.74) is 0. The molecule has 0 spiro atoms. The molecule has 0 aliphatic rings. The van der Waals surface area contributed by atoms with E-state index in [0.717, 1.165) is 4.47 Å². The molecule has 0 saturated heterocycles. The number of thiophene rings is 1. The molecule has 1 N–H and O–H groups in total. The van der Waals surface area contributed by atoms with Gasteiger partial charge in [0.25, 0.3) is 0 Å². The van der Waals surface area contributed by atoms with E-state index >= 15 is 0 Å². The Hall–Kier alpha value is -0.200. The van der Waals surface area contributed by atoms with E-state index in [2.05, 4.69) is 31.9 Å². The van der Waals surface area contributed by atoms with Gasteiger partial charge in [0, 0.05) is 16.3 Å². The highest BCUT2D eigenvalue weighted by molar-refractivity contribution is 9.13. The van der Waals surface area contributed by atoms with Gasteiger partial charge in [-0.1, -0.05) is 0 Å². The number of carbonyl (C=O) groups excluding carboxylic acids is 1. The van der Waals surface area contributed by atoms with Crippen LogP contribution in [-0.4, -0.2) is 16.9 Å². The predicted molar refractivity (Wildman–Crippen MR) is 60.9 cm³/mol. The van der Waals surface area contributed by atoms with Gasteiger partial charge in [0.05, 0.1) is 15.8 Å².